The van der Waals surface area contributed by atoms with E-state index < -0.39 is 36.9 Å². The van der Waals surface area contributed by atoms with Gasteiger partial charge in [-0.3, -0.25) is 4.68 Å². The summed E-state index contributed by atoms with van der Waals surface area (Å²) >= 11 is 0. The number of nitrogens with zero attached hydrogens (tertiary/aromatic N) is 2. The van der Waals surface area contributed by atoms with E-state index in [9.17, 15) is 20.1 Å². The van der Waals surface area contributed by atoms with Crippen LogP contribution in [0.2, 0.25) is 0 Å². The van der Waals surface area contributed by atoms with Gasteiger partial charge in [-0.1, -0.05) is 0 Å². The molecule has 1 saturated heterocycles. The van der Waals surface area contributed by atoms with Crippen LogP contribution in [-0.2, 0) is 14.2 Å². The van der Waals surface area contributed by atoms with Gasteiger partial charge in [-0.15, -0.1) is 5.10 Å². The molecule has 2 rings (SSSR count). The van der Waals surface area contributed by atoms with Crippen molar-refractivity contribution < 1.29 is 39.1 Å². The Bertz CT molecular complexity index is 590. The third-order valence-corrected chi connectivity index (χ3v) is 3.83. The molecule has 0 spiro atoms. The van der Waals surface area contributed by atoms with Gasteiger partial charge in [0.15, 0.2) is 0 Å². The number of aliphatic hydroxyl groups is 3. The molecule has 1 aliphatic rings. The van der Waals surface area contributed by atoms with Crippen LogP contribution in [0, 0.1) is 6.92 Å². The largest absolute Gasteiger partial charge is 0.508 e. The maximum absolute atomic E-state index is 11.0. The fourth-order valence-corrected chi connectivity index (χ4v) is 2.52. The van der Waals surface area contributed by atoms with E-state index in [4.69, 9.17) is 14.2 Å². The Labute approximate surface area is 144 Å². The Morgan fingerprint density at radius 1 is 1.32 bits per heavy atom. The Hall–Kier alpha value is -1.88. The van der Waals surface area contributed by atoms with Crippen LogP contribution in [-0.4, -0.2) is 75.7 Å². The van der Waals surface area contributed by atoms with E-state index in [0.29, 0.717) is 0 Å². The van der Waals surface area contributed by atoms with Gasteiger partial charge in [0.1, 0.15) is 31.0 Å². The summed E-state index contributed by atoms with van der Waals surface area (Å²) in [6.45, 7) is 5.38. The van der Waals surface area contributed by atoms with Crippen LogP contribution in [0.25, 0.3) is 0 Å². The lowest BCUT2D eigenvalue weighted by Gasteiger charge is -2.39. The Morgan fingerprint density at radius 2 is 2.00 bits per heavy atom. The summed E-state index contributed by atoms with van der Waals surface area (Å²) < 4.78 is 21.7. The molecule has 0 unspecified atom stereocenters. The lowest BCUT2D eigenvalue weighted by molar-refractivity contribution is -0.278. The number of carbonyl (C=O) groups excluding carboxylic acids is 1. The predicted octanol–water partition coefficient (Wildman–Crippen LogP) is -0.258. The van der Waals surface area contributed by atoms with Gasteiger partial charge >= 0.3 is 6.16 Å². The zero-order valence-electron chi connectivity index (χ0n) is 14.5. The first-order valence-electron chi connectivity index (χ1n) is 7.87. The van der Waals surface area contributed by atoms with Crippen LogP contribution in [0.4, 0.5) is 4.79 Å². The Morgan fingerprint density at radius 3 is 2.56 bits per heavy atom. The molecular formula is C15H24N2O8. The number of ether oxygens (including phenoxy) is 4. The quantitative estimate of drug-likeness (QED) is 0.607. The van der Waals surface area contributed by atoms with E-state index in [1.165, 1.54) is 0 Å². The average Bonchev–Trinajstić information content (AvgIpc) is 2.94. The van der Waals surface area contributed by atoms with Gasteiger partial charge in [-0.05, 0) is 20.8 Å². The van der Waals surface area contributed by atoms with Crippen LogP contribution in [0.3, 0.4) is 0 Å². The lowest BCUT2D eigenvalue weighted by atomic mass is 9.99. The summed E-state index contributed by atoms with van der Waals surface area (Å²) in [6.07, 6.45) is -7.86. The van der Waals surface area contributed by atoms with Crippen molar-refractivity contribution in [2.75, 3.05) is 13.7 Å². The molecule has 2 heterocycles. The number of carbonyl (C=O) groups is 1. The molecule has 1 fully saturated rings. The molecule has 25 heavy (non-hydrogen) atoms. The zero-order chi connectivity index (χ0) is 18.7. The van der Waals surface area contributed by atoms with Gasteiger partial charge in [0.05, 0.1) is 7.11 Å². The van der Waals surface area contributed by atoms with E-state index >= 15 is 0 Å². The van der Waals surface area contributed by atoms with Crippen molar-refractivity contribution in [3.05, 3.63) is 11.8 Å². The highest BCUT2D eigenvalue weighted by Crippen LogP contribution is 2.25. The summed E-state index contributed by atoms with van der Waals surface area (Å²) in [7, 11) is 1.14. The van der Waals surface area contributed by atoms with E-state index in [-0.39, 0.29) is 18.5 Å². The average molecular weight is 360 g/mol. The van der Waals surface area contributed by atoms with Gasteiger partial charge in [0, 0.05) is 17.8 Å². The zero-order valence-corrected chi connectivity index (χ0v) is 14.5. The van der Waals surface area contributed by atoms with Gasteiger partial charge < -0.3 is 34.3 Å². The lowest BCUT2D eigenvalue weighted by Crippen LogP contribution is -2.60. The topological polar surface area (TPSA) is 132 Å². The van der Waals surface area contributed by atoms with Gasteiger partial charge in [-0.2, -0.15) is 0 Å². The van der Waals surface area contributed by atoms with Crippen molar-refractivity contribution in [2.45, 2.75) is 57.5 Å². The number of aromatic nitrogens is 2. The molecule has 1 aromatic heterocycles. The van der Waals surface area contributed by atoms with E-state index in [1.807, 2.05) is 20.8 Å². The van der Waals surface area contributed by atoms with Gasteiger partial charge in [-0.25, -0.2) is 4.79 Å². The Kier molecular flexibility index (Phi) is 6.22. The van der Waals surface area contributed by atoms with E-state index in [0.717, 1.165) is 12.8 Å². The van der Waals surface area contributed by atoms with Crippen LogP contribution in [0.5, 0.6) is 5.88 Å². The van der Waals surface area contributed by atoms with Gasteiger partial charge in [0.2, 0.25) is 12.2 Å². The molecule has 0 saturated carbocycles. The first-order chi connectivity index (χ1) is 11.7. The minimum Gasteiger partial charge on any atom is -0.444 e. The fourth-order valence-electron chi connectivity index (χ4n) is 2.52. The molecule has 0 aromatic carbocycles. The van der Waals surface area contributed by atoms with Crippen molar-refractivity contribution in [1.82, 2.24) is 9.78 Å². The van der Waals surface area contributed by atoms with Crippen LogP contribution in [0.15, 0.2) is 6.07 Å². The summed E-state index contributed by atoms with van der Waals surface area (Å²) in [5.41, 5.74) is 0.849. The minimum absolute atomic E-state index is 0.114. The minimum atomic E-state index is -1.54. The SMILES string of the molecule is COC(=O)OC[C@H]1O[C@@H](Oc2cc(C)n(C(C)C)n2)[C@H](O)[C@@H](O)[C@@H]1O. The molecule has 0 bridgehead atoms. The molecule has 142 valence electrons. The molecule has 3 N–H and O–H groups in total. The second-order valence-electron chi connectivity index (χ2n) is 6.06. The third kappa shape index (κ3) is 4.40. The van der Waals surface area contributed by atoms with Crippen LogP contribution in [0.1, 0.15) is 25.6 Å². The summed E-state index contributed by atoms with van der Waals surface area (Å²) in [5.74, 6) is 0.200. The van der Waals surface area contributed by atoms with Gasteiger partial charge in [0.25, 0.3) is 0 Å². The highest BCUT2D eigenvalue weighted by atomic mass is 16.7. The van der Waals surface area contributed by atoms with Crippen molar-refractivity contribution in [1.29, 1.82) is 0 Å². The number of aliphatic hydroxyl groups excluding tert-OH is 3. The number of hydrogen-bond donors (Lipinski definition) is 3. The number of rotatable bonds is 5. The maximum Gasteiger partial charge on any atom is 0.508 e. The number of methoxy groups -OCH3 is 1. The predicted molar refractivity (Wildman–Crippen MR) is 83.0 cm³/mol. The number of hydrogen-bond acceptors (Lipinski definition) is 9. The molecule has 0 radical (unpaired) electrons. The summed E-state index contributed by atoms with van der Waals surface area (Å²) in [5, 5.41) is 34.3. The molecule has 0 aliphatic carbocycles. The van der Waals surface area contributed by atoms with Crippen molar-refractivity contribution in [3.63, 3.8) is 0 Å². The summed E-state index contributed by atoms with van der Waals surface area (Å²) in [6, 6.07) is 1.77. The van der Waals surface area contributed by atoms with Crippen molar-refractivity contribution in [2.24, 2.45) is 0 Å². The standard InChI is InChI=1S/C15H24N2O8/c1-7(2)17-8(3)5-10(16-17)25-14-13(20)12(19)11(18)9(24-14)6-23-15(21)22-4/h5,7,9,11-14,18-20H,6H2,1-4H3/t9-,11-,12+,13-,14+/m1/s1. The second kappa shape index (κ2) is 8.00. The van der Waals surface area contributed by atoms with Crippen molar-refractivity contribution in [3.8, 4) is 5.88 Å². The van der Waals surface area contributed by atoms with E-state index in [1.54, 1.807) is 10.7 Å². The van der Waals surface area contributed by atoms with E-state index in [2.05, 4.69) is 9.84 Å². The molecule has 0 amide bonds. The first kappa shape index (κ1) is 19.4. The monoisotopic (exact) mass is 360 g/mol. The van der Waals surface area contributed by atoms with Crippen molar-refractivity contribution >= 4 is 6.16 Å². The summed E-state index contributed by atoms with van der Waals surface area (Å²) in [4.78, 5) is 11.0. The smallest absolute Gasteiger partial charge is 0.444 e. The molecular weight excluding hydrogens is 336 g/mol. The maximum atomic E-state index is 11.0. The molecule has 1 aromatic rings. The second-order valence-corrected chi connectivity index (χ2v) is 6.06. The molecule has 5 atom stereocenters. The van der Waals surface area contributed by atoms with Crippen LogP contribution >= 0.6 is 0 Å². The highest BCUT2D eigenvalue weighted by molar-refractivity contribution is 5.59. The highest BCUT2D eigenvalue weighted by Gasteiger charge is 2.45. The normalized spacial score (nSPS) is 29.5. The Balaban J connectivity index is 2.08. The first-order valence-corrected chi connectivity index (χ1v) is 7.87. The third-order valence-electron chi connectivity index (χ3n) is 3.83. The van der Waals surface area contributed by atoms with Crippen LogP contribution < -0.4 is 4.74 Å². The molecule has 10 nitrogen and oxygen atoms in total. The molecule has 1 aliphatic heterocycles. The fraction of sp³-hybridized carbons (Fsp3) is 0.733. The molecule has 10 heteroatoms. The number of aryl methyl sites for hydroxylation is 1.